The standard InChI is InChI=1S/C28H27N3O3S/c1-18(2)15-31-24-17-30(16-20-10-6-9-19-8-4-5-13-23(19)20)27(25(24)26(33)29(3)28(31)34)35-22-12-7-11-21(32)14-22/h4-14,17-18,32H,15-16H2,1-3H3. The van der Waals surface area contributed by atoms with Gasteiger partial charge in [-0.25, -0.2) is 4.79 Å². The average molecular weight is 486 g/mol. The van der Waals surface area contributed by atoms with Crippen LogP contribution in [0.2, 0.25) is 0 Å². The lowest BCUT2D eigenvalue weighted by Crippen LogP contribution is -2.38. The Morgan fingerprint density at radius 1 is 0.971 bits per heavy atom. The maximum absolute atomic E-state index is 13.4. The molecule has 0 unspecified atom stereocenters. The van der Waals surface area contributed by atoms with Crippen molar-refractivity contribution in [3.05, 3.63) is 99.3 Å². The van der Waals surface area contributed by atoms with Crippen LogP contribution in [0.5, 0.6) is 5.75 Å². The second-order valence-electron chi connectivity index (χ2n) is 9.21. The monoisotopic (exact) mass is 485 g/mol. The Hall–Kier alpha value is -3.71. The molecule has 7 heteroatoms. The predicted molar refractivity (Wildman–Crippen MR) is 142 cm³/mol. The van der Waals surface area contributed by atoms with Crippen LogP contribution in [0.25, 0.3) is 21.7 Å². The van der Waals surface area contributed by atoms with Crippen LogP contribution < -0.4 is 11.2 Å². The van der Waals surface area contributed by atoms with E-state index in [9.17, 15) is 14.7 Å². The van der Waals surface area contributed by atoms with Gasteiger partial charge in [-0.3, -0.25) is 13.9 Å². The fraction of sp³-hybridized carbons (Fsp3) is 0.214. The van der Waals surface area contributed by atoms with E-state index in [1.54, 1.807) is 22.8 Å². The van der Waals surface area contributed by atoms with Crippen LogP contribution >= 0.6 is 11.8 Å². The van der Waals surface area contributed by atoms with Crippen molar-refractivity contribution in [2.75, 3.05) is 0 Å². The van der Waals surface area contributed by atoms with Gasteiger partial charge in [0.1, 0.15) is 5.75 Å². The third-order valence-corrected chi connectivity index (χ3v) is 7.26. The minimum atomic E-state index is -0.315. The highest BCUT2D eigenvalue weighted by Crippen LogP contribution is 2.35. The van der Waals surface area contributed by atoms with Crippen molar-refractivity contribution >= 4 is 33.4 Å². The second-order valence-corrected chi connectivity index (χ2v) is 10.3. The lowest BCUT2D eigenvalue weighted by atomic mass is 10.0. The number of benzene rings is 3. The first kappa shape index (κ1) is 23.1. The van der Waals surface area contributed by atoms with E-state index in [0.29, 0.717) is 24.0 Å². The first-order valence-electron chi connectivity index (χ1n) is 11.6. The van der Waals surface area contributed by atoms with Gasteiger partial charge in [-0.05, 0) is 40.5 Å². The Bertz CT molecular complexity index is 1670. The van der Waals surface area contributed by atoms with Gasteiger partial charge in [-0.2, -0.15) is 0 Å². The molecule has 0 bridgehead atoms. The Kier molecular flexibility index (Phi) is 6.03. The highest BCUT2D eigenvalue weighted by molar-refractivity contribution is 7.99. The van der Waals surface area contributed by atoms with Gasteiger partial charge in [0.25, 0.3) is 5.56 Å². The zero-order chi connectivity index (χ0) is 24.7. The Morgan fingerprint density at radius 2 is 1.71 bits per heavy atom. The minimum Gasteiger partial charge on any atom is -0.508 e. The lowest BCUT2D eigenvalue weighted by Gasteiger charge is -2.12. The van der Waals surface area contributed by atoms with Crippen molar-refractivity contribution in [3.63, 3.8) is 0 Å². The number of nitrogens with zero attached hydrogens (tertiary/aromatic N) is 3. The molecule has 1 N–H and O–H groups in total. The van der Waals surface area contributed by atoms with Gasteiger partial charge < -0.3 is 9.67 Å². The fourth-order valence-corrected chi connectivity index (χ4v) is 5.59. The number of fused-ring (bicyclic) bond motifs is 2. The second kappa shape index (κ2) is 9.15. The van der Waals surface area contributed by atoms with E-state index in [4.69, 9.17) is 0 Å². The van der Waals surface area contributed by atoms with Crippen LogP contribution in [0, 0.1) is 5.92 Å². The predicted octanol–water partition coefficient (Wildman–Crippen LogP) is 5.22. The number of rotatable bonds is 6. The minimum absolute atomic E-state index is 0.163. The van der Waals surface area contributed by atoms with Crippen molar-refractivity contribution in [1.82, 2.24) is 13.7 Å². The molecule has 0 fully saturated rings. The largest absolute Gasteiger partial charge is 0.508 e. The first-order valence-corrected chi connectivity index (χ1v) is 12.4. The molecule has 5 rings (SSSR count). The topological polar surface area (TPSA) is 69.2 Å². The van der Waals surface area contributed by atoms with E-state index in [-0.39, 0.29) is 22.9 Å². The van der Waals surface area contributed by atoms with Crippen molar-refractivity contribution < 1.29 is 5.11 Å². The van der Waals surface area contributed by atoms with E-state index in [1.807, 2.05) is 30.5 Å². The van der Waals surface area contributed by atoms with E-state index in [2.05, 4.69) is 42.7 Å². The summed E-state index contributed by atoms with van der Waals surface area (Å²) in [6.07, 6.45) is 1.92. The Balaban J connectivity index is 1.78. The van der Waals surface area contributed by atoms with Crippen LogP contribution in [0.3, 0.4) is 0 Å². The smallest absolute Gasteiger partial charge is 0.331 e. The van der Waals surface area contributed by atoms with Gasteiger partial charge in [0.2, 0.25) is 0 Å². The van der Waals surface area contributed by atoms with Crippen molar-refractivity contribution in [2.24, 2.45) is 13.0 Å². The summed E-state index contributed by atoms with van der Waals surface area (Å²) in [7, 11) is 1.53. The summed E-state index contributed by atoms with van der Waals surface area (Å²) in [5, 5.41) is 13.6. The number of phenolic OH excluding ortho intramolecular Hbond substituents is 1. The molecule has 0 atom stereocenters. The normalized spacial score (nSPS) is 11.7. The Morgan fingerprint density at radius 3 is 2.49 bits per heavy atom. The number of aromatic hydroxyl groups is 1. The van der Waals surface area contributed by atoms with Crippen molar-refractivity contribution in [1.29, 1.82) is 0 Å². The zero-order valence-electron chi connectivity index (χ0n) is 19.9. The molecule has 0 saturated carbocycles. The van der Waals surface area contributed by atoms with Gasteiger partial charge in [0.05, 0.1) is 15.9 Å². The van der Waals surface area contributed by atoms with E-state index in [1.165, 1.54) is 23.4 Å². The van der Waals surface area contributed by atoms with Crippen LogP contribution in [0.4, 0.5) is 0 Å². The molecule has 178 valence electrons. The summed E-state index contributed by atoms with van der Waals surface area (Å²) in [5.74, 6) is 0.396. The molecule has 6 nitrogen and oxygen atoms in total. The Labute approximate surface area is 207 Å². The van der Waals surface area contributed by atoms with Crippen LogP contribution in [0.15, 0.2) is 92.4 Å². The number of hydrogen-bond acceptors (Lipinski definition) is 4. The molecule has 5 aromatic rings. The maximum atomic E-state index is 13.4. The van der Waals surface area contributed by atoms with Gasteiger partial charge in [0.15, 0.2) is 0 Å². The van der Waals surface area contributed by atoms with Gasteiger partial charge in [0, 0.05) is 31.2 Å². The summed E-state index contributed by atoms with van der Waals surface area (Å²) in [6.45, 7) is 5.16. The molecule has 0 spiro atoms. The van der Waals surface area contributed by atoms with E-state index >= 15 is 0 Å². The average Bonchev–Trinajstić information content (AvgIpc) is 3.18. The quantitative estimate of drug-likeness (QED) is 0.358. The first-order chi connectivity index (χ1) is 16.8. The summed E-state index contributed by atoms with van der Waals surface area (Å²) < 4.78 is 4.95. The highest BCUT2D eigenvalue weighted by atomic mass is 32.2. The maximum Gasteiger partial charge on any atom is 0.331 e. The summed E-state index contributed by atoms with van der Waals surface area (Å²) in [6, 6.07) is 21.4. The molecule has 0 aliphatic rings. The number of phenols is 1. The summed E-state index contributed by atoms with van der Waals surface area (Å²) in [5.41, 5.74) is 1.13. The third kappa shape index (κ3) is 4.28. The molecule has 0 saturated heterocycles. The molecule has 2 heterocycles. The zero-order valence-corrected chi connectivity index (χ0v) is 20.7. The van der Waals surface area contributed by atoms with Gasteiger partial charge in [-0.1, -0.05) is 74.1 Å². The molecule has 0 aliphatic carbocycles. The van der Waals surface area contributed by atoms with Crippen molar-refractivity contribution in [3.8, 4) is 5.75 Å². The van der Waals surface area contributed by atoms with Gasteiger partial charge >= 0.3 is 5.69 Å². The molecule has 0 radical (unpaired) electrons. The van der Waals surface area contributed by atoms with Crippen molar-refractivity contribution in [2.45, 2.75) is 36.9 Å². The molecule has 0 amide bonds. The molecule has 0 aliphatic heterocycles. The number of aromatic nitrogens is 3. The SMILES string of the molecule is CC(C)Cn1c(=O)n(C)c(=O)c2c(Sc3cccc(O)c3)n(Cc3cccc4ccccc34)cc21. The van der Waals surface area contributed by atoms with Crippen LogP contribution in [-0.2, 0) is 20.1 Å². The van der Waals surface area contributed by atoms with Crippen LogP contribution in [0.1, 0.15) is 19.4 Å². The molecule has 2 aromatic heterocycles. The summed E-state index contributed by atoms with van der Waals surface area (Å²) >= 11 is 1.42. The molecular formula is C28H27N3O3S. The highest BCUT2D eigenvalue weighted by Gasteiger charge is 2.21. The number of hydrogen-bond donors (Lipinski definition) is 1. The molecule has 35 heavy (non-hydrogen) atoms. The molecular weight excluding hydrogens is 458 g/mol. The third-order valence-electron chi connectivity index (χ3n) is 6.14. The van der Waals surface area contributed by atoms with Crippen LogP contribution in [-0.4, -0.2) is 18.8 Å². The molecule has 3 aromatic carbocycles. The van der Waals surface area contributed by atoms with Gasteiger partial charge in [-0.15, -0.1) is 0 Å². The lowest BCUT2D eigenvalue weighted by molar-refractivity contribution is 0.474. The van der Waals surface area contributed by atoms with E-state index in [0.717, 1.165) is 26.3 Å². The fourth-order valence-electron chi connectivity index (χ4n) is 4.51. The van der Waals surface area contributed by atoms with E-state index < -0.39 is 0 Å². The summed E-state index contributed by atoms with van der Waals surface area (Å²) in [4.78, 5) is 27.3.